The van der Waals surface area contributed by atoms with Gasteiger partial charge in [-0.15, -0.1) is 0 Å². The molecule has 17 heavy (non-hydrogen) atoms. The second-order valence-corrected chi connectivity index (χ2v) is 5.05. The lowest BCUT2D eigenvalue weighted by atomic mass is 10.1. The standard InChI is InChI=1S/C14H22N2O/c1-10-4-5-13(15)12(8-10)9-16(3)14-6-7-17-11(14)2/h4-5,8,11,14H,6-7,9,15H2,1-3H3. The largest absolute Gasteiger partial charge is 0.398 e. The number of hydrogen-bond acceptors (Lipinski definition) is 3. The molecule has 94 valence electrons. The molecule has 2 rings (SSSR count). The van der Waals surface area contributed by atoms with Crippen LogP contribution in [0.2, 0.25) is 0 Å². The Balaban J connectivity index is 2.07. The average Bonchev–Trinajstić information content (AvgIpc) is 2.70. The summed E-state index contributed by atoms with van der Waals surface area (Å²) < 4.78 is 5.61. The van der Waals surface area contributed by atoms with E-state index < -0.39 is 0 Å². The quantitative estimate of drug-likeness (QED) is 0.815. The highest BCUT2D eigenvalue weighted by Crippen LogP contribution is 2.22. The maximum absolute atomic E-state index is 6.01. The van der Waals surface area contributed by atoms with Crippen molar-refractivity contribution in [3.8, 4) is 0 Å². The molecule has 1 heterocycles. The minimum atomic E-state index is 0.325. The van der Waals surface area contributed by atoms with Crippen molar-refractivity contribution in [2.45, 2.75) is 39.0 Å². The number of benzene rings is 1. The van der Waals surface area contributed by atoms with Crippen molar-refractivity contribution in [1.29, 1.82) is 0 Å². The van der Waals surface area contributed by atoms with Crippen molar-refractivity contribution < 1.29 is 4.74 Å². The van der Waals surface area contributed by atoms with Crippen LogP contribution in [0.15, 0.2) is 18.2 Å². The first-order chi connectivity index (χ1) is 8.08. The van der Waals surface area contributed by atoms with Gasteiger partial charge < -0.3 is 10.5 Å². The van der Waals surface area contributed by atoms with Crippen molar-refractivity contribution in [3.63, 3.8) is 0 Å². The number of aryl methyl sites for hydroxylation is 1. The summed E-state index contributed by atoms with van der Waals surface area (Å²) in [4.78, 5) is 2.35. The molecule has 0 aromatic heterocycles. The van der Waals surface area contributed by atoms with Crippen LogP contribution in [0.4, 0.5) is 5.69 Å². The molecule has 0 bridgehead atoms. The number of nitrogens with zero attached hydrogens (tertiary/aromatic N) is 1. The molecular formula is C14H22N2O. The number of likely N-dealkylation sites (N-methyl/N-ethyl adjacent to an activating group) is 1. The van der Waals surface area contributed by atoms with Crippen LogP contribution < -0.4 is 5.73 Å². The Hall–Kier alpha value is -1.06. The fourth-order valence-electron chi connectivity index (χ4n) is 2.56. The summed E-state index contributed by atoms with van der Waals surface area (Å²) in [6, 6.07) is 6.73. The van der Waals surface area contributed by atoms with Crippen molar-refractivity contribution >= 4 is 5.69 Å². The Morgan fingerprint density at radius 3 is 2.88 bits per heavy atom. The van der Waals surface area contributed by atoms with Gasteiger partial charge in [-0.05, 0) is 38.9 Å². The van der Waals surface area contributed by atoms with Crippen molar-refractivity contribution in [3.05, 3.63) is 29.3 Å². The Bertz CT molecular complexity index is 392. The number of nitrogens with two attached hydrogens (primary N) is 1. The van der Waals surface area contributed by atoms with E-state index in [0.29, 0.717) is 12.1 Å². The van der Waals surface area contributed by atoms with Crippen LogP contribution >= 0.6 is 0 Å². The monoisotopic (exact) mass is 234 g/mol. The Morgan fingerprint density at radius 2 is 2.24 bits per heavy atom. The Labute approximate surface area is 104 Å². The van der Waals surface area contributed by atoms with Crippen LogP contribution in [-0.4, -0.2) is 30.7 Å². The zero-order valence-corrected chi connectivity index (χ0v) is 10.9. The number of anilines is 1. The van der Waals surface area contributed by atoms with E-state index in [1.807, 2.05) is 6.07 Å². The van der Waals surface area contributed by atoms with Crippen molar-refractivity contribution in [2.24, 2.45) is 0 Å². The van der Waals surface area contributed by atoms with Gasteiger partial charge in [-0.1, -0.05) is 17.7 Å². The van der Waals surface area contributed by atoms with Crippen LogP contribution in [-0.2, 0) is 11.3 Å². The van der Waals surface area contributed by atoms with Crippen LogP contribution in [0, 0.1) is 6.92 Å². The molecule has 2 unspecified atom stereocenters. The Kier molecular flexibility index (Phi) is 3.69. The fourth-order valence-corrected chi connectivity index (χ4v) is 2.56. The Morgan fingerprint density at radius 1 is 1.47 bits per heavy atom. The lowest BCUT2D eigenvalue weighted by molar-refractivity contribution is 0.0815. The smallest absolute Gasteiger partial charge is 0.0703 e. The van der Waals surface area contributed by atoms with Gasteiger partial charge in [-0.25, -0.2) is 0 Å². The SMILES string of the molecule is Cc1ccc(N)c(CN(C)C2CCOC2C)c1. The van der Waals surface area contributed by atoms with Crippen LogP contribution in [0.25, 0.3) is 0 Å². The second kappa shape index (κ2) is 5.07. The minimum absolute atomic E-state index is 0.325. The third-order valence-electron chi connectivity index (χ3n) is 3.62. The molecule has 1 aliphatic rings. The molecular weight excluding hydrogens is 212 g/mol. The van der Waals surface area contributed by atoms with E-state index in [0.717, 1.165) is 25.3 Å². The van der Waals surface area contributed by atoms with E-state index in [4.69, 9.17) is 10.5 Å². The molecule has 0 amide bonds. The van der Waals surface area contributed by atoms with Gasteiger partial charge in [0.05, 0.1) is 6.10 Å². The van der Waals surface area contributed by atoms with Gasteiger partial charge in [0.2, 0.25) is 0 Å². The predicted molar refractivity (Wildman–Crippen MR) is 70.9 cm³/mol. The number of hydrogen-bond donors (Lipinski definition) is 1. The molecule has 1 saturated heterocycles. The van der Waals surface area contributed by atoms with Crippen LogP contribution in [0.1, 0.15) is 24.5 Å². The maximum Gasteiger partial charge on any atom is 0.0703 e. The first-order valence-electron chi connectivity index (χ1n) is 6.25. The summed E-state index contributed by atoms with van der Waals surface area (Å²) in [5.74, 6) is 0. The molecule has 1 aromatic carbocycles. The van der Waals surface area contributed by atoms with Gasteiger partial charge in [-0.2, -0.15) is 0 Å². The molecule has 1 fully saturated rings. The highest BCUT2D eigenvalue weighted by molar-refractivity contribution is 5.48. The lowest BCUT2D eigenvalue weighted by Crippen LogP contribution is -2.36. The third kappa shape index (κ3) is 2.79. The van der Waals surface area contributed by atoms with Crippen molar-refractivity contribution in [1.82, 2.24) is 4.90 Å². The number of ether oxygens (including phenoxy) is 1. The van der Waals surface area contributed by atoms with E-state index in [9.17, 15) is 0 Å². The molecule has 0 spiro atoms. The molecule has 3 heteroatoms. The summed E-state index contributed by atoms with van der Waals surface area (Å²) in [5, 5.41) is 0. The molecule has 1 aliphatic heterocycles. The van der Waals surface area contributed by atoms with Crippen LogP contribution in [0.3, 0.4) is 0 Å². The summed E-state index contributed by atoms with van der Waals surface area (Å²) in [6.45, 7) is 6.02. The average molecular weight is 234 g/mol. The van der Waals surface area contributed by atoms with Gasteiger partial charge >= 0.3 is 0 Å². The van der Waals surface area contributed by atoms with Crippen molar-refractivity contribution in [2.75, 3.05) is 19.4 Å². The summed E-state index contributed by atoms with van der Waals surface area (Å²) in [5.41, 5.74) is 9.37. The van der Waals surface area contributed by atoms with E-state index in [1.54, 1.807) is 0 Å². The lowest BCUT2D eigenvalue weighted by Gasteiger charge is -2.27. The topological polar surface area (TPSA) is 38.5 Å². The molecule has 2 atom stereocenters. The first kappa shape index (κ1) is 12.4. The van der Waals surface area contributed by atoms with E-state index >= 15 is 0 Å². The second-order valence-electron chi connectivity index (χ2n) is 5.05. The molecule has 2 N–H and O–H groups in total. The summed E-state index contributed by atoms with van der Waals surface area (Å²) >= 11 is 0. The van der Waals surface area contributed by atoms with Gasteiger partial charge in [0.25, 0.3) is 0 Å². The predicted octanol–water partition coefficient (Wildman–Crippen LogP) is 2.19. The first-order valence-corrected chi connectivity index (χ1v) is 6.25. The summed E-state index contributed by atoms with van der Waals surface area (Å²) in [7, 11) is 2.15. The fraction of sp³-hybridized carbons (Fsp3) is 0.571. The van der Waals surface area contributed by atoms with Gasteiger partial charge in [0.15, 0.2) is 0 Å². The highest BCUT2D eigenvalue weighted by Gasteiger charge is 2.27. The molecule has 0 saturated carbocycles. The van der Waals surface area contributed by atoms with Gasteiger partial charge in [0.1, 0.15) is 0 Å². The van der Waals surface area contributed by atoms with Gasteiger partial charge in [-0.3, -0.25) is 4.90 Å². The van der Waals surface area contributed by atoms with E-state index in [1.165, 1.54) is 11.1 Å². The van der Waals surface area contributed by atoms with Gasteiger partial charge in [0, 0.05) is 24.9 Å². The minimum Gasteiger partial charge on any atom is -0.398 e. The normalized spacial score (nSPS) is 24.5. The zero-order valence-electron chi connectivity index (χ0n) is 10.9. The zero-order chi connectivity index (χ0) is 12.4. The van der Waals surface area contributed by atoms with E-state index in [-0.39, 0.29) is 0 Å². The maximum atomic E-state index is 6.01. The molecule has 0 aliphatic carbocycles. The molecule has 1 aromatic rings. The number of nitrogen functional groups attached to an aromatic ring is 1. The number of rotatable bonds is 3. The van der Waals surface area contributed by atoms with Crippen LogP contribution in [0.5, 0.6) is 0 Å². The summed E-state index contributed by atoms with van der Waals surface area (Å²) in [6.07, 6.45) is 1.44. The third-order valence-corrected chi connectivity index (χ3v) is 3.62. The molecule has 0 radical (unpaired) electrons. The highest BCUT2D eigenvalue weighted by atomic mass is 16.5. The molecule has 3 nitrogen and oxygen atoms in total. The van der Waals surface area contributed by atoms with E-state index in [2.05, 4.69) is 37.9 Å².